The minimum Gasteiger partial charge on any atom is -0.509 e. The van der Waals surface area contributed by atoms with E-state index >= 15 is 0 Å². The minimum absolute atomic E-state index is 0. The summed E-state index contributed by atoms with van der Waals surface area (Å²) in [6.07, 6.45) is 1.67. The molecule has 75 heavy (non-hydrogen) atoms. The monoisotopic (exact) mass is 1170 g/mol. The van der Waals surface area contributed by atoms with E-state index in [0.29, 0.717) is 56.0 Å². The molecule has 3 heterocycles. The Morgan fingerprint density at radius 1 is 0.520 bits per heavy atom. The van der Waals surface area contributed by atoms with Gasteiger partial charge in [-0.3, -0.25) is 0 Å². The van der Waals surface area contributed by atoms with Crippen LogP contribution in [-0.2, 0) is 31.9 Å². The van der Waals surface area contributed by atoms with Crippen molar-refractivity contribution in [3.8, 4) is 62.2 Å². The van der Waals surface area contributed by atoms with Crippen molar-refractivity contribution in [1.82, 2.24) is 9.55 Å². The van der Waals surface area contributed by atoms with Crippen molar-refractivity contribution in [2.45, 2.75) is 52.4 Å². The third kappa shape index (κ3) is 9.41. The summed E-state index contributed by atoms with van der Waals surface area (Å²) in [7, 11) is 0. The molecule has 0 aliphatic carbocycles. The van der Waals surface area contributed by atoms with Crippen LogP contribution >= 0.6 is 0 Å². The first-order valence-corrected chi connectivity index (χ1v) is 24.0. The van der Waals surface area contributed by atoms with Crippen LogP contribution in [-0.4, -0.2) is 9.55 Å². The van der Waals surface area contributed by atoms with Gasteiger partial charge in [0.25, 0.3) is 0 Å². The number of aromatic nitrogens is 2. The fourth-order valence-corrected chi connectivity index (χ4v) is 9.52. The number of para-hydroxylation sites is 4. The molecular formula is C68H55N4O2Pt-3. The number of nitrogens with zero attached hydrogens (tertiary/aromatic N) is 4. The molecule has 12 rings (SSSR count). The minimum atomic E-state index is -0.598. The quantitative estimate of drug-likeness (QED) is 0.128. The van der Waals surface area contributed by atoms with E-state index in [2.05, 4.69) is 71.9 Å². The smallest absolute Gasteiger partial charge is 0.139 e. The van der Waals surface area contributed by atoms with Crippen LogP contribution in [0.3, 0.4) is 0 Å². The van der Waals surface area contributed by atoms with Crippen LogP contribution in [0.4, 0.5) is 22.7 Å². The molecule has 0 saturated carbocycles. The van der Waals surface area contributed by atoms with Crippen molar-refractivity contribution >= 4 is 44.6 Å². The topological polar surface area (TPSA) is 42.8 Å². The third-order valence-electron chi connectivity index (χ3n) is 12.9. The first-order chi connectivity index (χ1) is 42.2. The molecule has 0 fully saturated rings. The molecule has 1 aliphatic heterocycles. The van der Waals surface area contributed by atoms with Crippen LogP contribution < -0.4 is 19.3 Å². The maximum Gasteiger partial charge on any atom is 0.139 e. The number of fused-ring (bicyclic) bond motifs is 4. The van der Waals surface area contributed by atoms with Crippen LogP contribution in [0.1, 0.15) is 73.2 Å². The summed E-state index contributed by atoms with van der Waals surface area (Å²) in [5.74, 6) is 2.25. The predicted molar refractivity (Wildman–Crippen MR) is 304 cm³/mol. The Kier molecular flexibility index (Phi) is 9.12. The molecule has 0 atom stereocenters. The van der Waals surface area contributed by atoms with Crippen molar-refractivity contribution < 1.29 is 51.1 Å². The van der Waals surface area contributed by atoms with Crippen LogP contribution in [0.25, 0.3) is 61.0 Å². The zero-order valence-electron chi connectivity index (χ0n) is 56.6. The third-order valence-corrected chi connectivity index (χ3v) is 12.9. The molecule has 0 N–H and O–H groups in total. The van der Waals surface area contributed by atoms with Crippen LogP contribution in [0.5, 0.6) is 23.0 Å². The van der Waals surface area contributed by atoms with E-state index in [9.17, 15) is 0 Å². The molecule has 0 saturated heterocycles. The molecule has 2 aromatic heterocycles. The fraction of sp³-hybridized carbons (Fsp3) is 0.118. The van der Waals surface area contributed by atoms with Crippen molar-refractivity contribution in [2.75, 3.05) is 9.80 Å². The van der Waals surface area contributed by atoms with Gasteiger partial charge in [-0.25, -0.2) is 4.98 Å². The van der Waals surface area contributed by atoms with E-state index < -0.39 is 78.6 Å². The number of pyridine rings is 1. The van der Waals surface area contributed by atoms with E-state index in [1.807, 2.05) is 34.9 Å². The average molecular weight is 1170 g/mol. The summed E-state index contributed by atoms with van der Waals surface area (Å²) in [5.41, 5.74) is 4.82. The molecule has 6 nitrogen and oxygen atoms in total. The van der Waals surface area contributed by atoms with Crippen molar-refractivity contribution in [3.63, 3.8) is 0 Å². The Morgan fingerprint density at radius 2 is 1.11 bits per heavy atom. The molecule has 9 aromatic carbocycles. The zero-order valence-corrected chi connectivity index (χ0v) is 43.9. The summed E-state index contributed by atoms with van der Waals surface area (Å²) in [6, 6.07) is 35.3. The molecule has 0 amide bonds. The first kappa shape index (κ1) is 34.3. The predicted octanol–water partition coefficient (Wildman–Crippen LogP) is 18.4. The summed E-state index contributed by atoms with van der Waals surface area (Å²) in [4.78, 5) is 8.40. The maximum atomic E-state index is 9.10. The summed E-state index contributed by atoms with van der Waals surface area (Å²) < 4.78 is 146. The summed E-state index contributed by atoms with van der Waals surface area (Å²) in [5, 5.41) is 1.34. The molecule has 0 unspecified atom stereocenters. The maximum absolute atomic E-state index is 9.10. The number of anilines is 4. The number of hydrogen-bond acceptors (Lipinski definition) is 5. The standard InChI is InChI=1S/C68H55N4O2.Pt/c1-67(2,3)58-31-20-32-59(68(4,5)6)66(58)74-53-39-40-69-64(44-53)72-60-38-35-49(46-21-10-7-11-22-46)41-57(60)56-37-36-52(43-63(56)72)73-51-28-18-27-50(42-51)70-45-71(62-34-17-16-33-61(62)70)65-54(47-23-12-8-13-24-47)29-19-30-55(65)48-25-14-9-15-26-48;/h7-41,44-45H,1-6H3;/q-3;/i7D,8D,9D,10D,11D,12D,13D,14D,15D,21D,22D,23D,24D,25D,26D;. The van der Waals surface area contributed by atoms with E-state index in [1.54, 1.807) is 95.5 Å². The summed E-state index contributed by atoms with van der Waals surface area (Å²) in [6.45, 7) is 14.6. The van der Waals surface area contributed by atoms with Gasteiger partial charge < -0.3 is 23.8 Å². The second-order valence-electron chi connectivity index (χ2n) is 19.8. The van der Waals surface area contributed by atoms with Crippen LogP contribution in [0.15, 0.2) is 218 Å². The molecule has 11 aromatic rings. The Labute approximate surface area is 475 Å². The largest absolute Gasteiger partial charge is 0.509 e. The van der Waals surface area contributed by atoms with Crippen molar-refractivity contribution in [1.29, 1.82) is 0 Å². The van der Waals surface area contributed by atoms with Gasteiger partial charge in [0.2, 0.25) is 0 Å². The summed E-state index contributed by atoms with van der Waals surface area (Å²) >= 11 is 0. The number of benzene rings is 9. The van der Waals surface area contributed by atoms with Gasteiger partial charge in [-0.05, 0) is 62.7 Å². The first-order valence-electron chi connectivity index (χ1n) is 31.5. The van der Waals surface area contributed by atoms with E-state index in [4.69, 9.17) is 35.0 Å². The van der Waals surface area contributed by atoms with E-state index in [1.165, 1.54) is 0 Å². The molecule has 7 heteroatoms. The van der Waals surface area contributed by atoms with Gasteiger partial charge in [0.05, 0.1) is 20.6 Å². The number of ether oxygens (including phenoxy) is 2. The SMILES string of the molecule is [2H]c1c([2H])c([2H])c(-c2ccc3c(c2)c2ccc(Oc4[c-]c(N5[CH-]N(c6c(-c7c([2H])c([2H])c([2H])c([2H])c7[2H])cccc6-c6c([2H])c([2H])c([2H])c([2H])c6[2H])c6ccccc65)ccc4)[c-]c2n3-c2cc(Oc3c(C(C)(C)C)cccc3C(C)(C)C)ccn2)c([2H])c1[2H].[Pt]. The van der Waals surface area contributed by atoms with E-state index in [-0.39, 0.29) is 89.0 Å². The molecular weight excluding hydrogens is 1100 g/mol. The van der Waals surface area contributed by atoms with Crippen LogP contribution in [0, 0.1) is 18.8 Å². The molecule has 1 aliphatic rings. The second-order valence-corrected chi connectivity index (χ2v) is 19.8. The Balaban J connectivity index is 0.00000833. The Hall–Kier alpha value is -8.18. The van der Waals surface area contributed by atoms with Gasteiger partial charge in [-0.1, -0.05) is 198 Å². The molecule has 0 bridgehead atoms. The average Bonchev–Trinajstić information content (AvgIpc) is 1.44. The number of rotatable bonds is 10. The van der Waals surface area contributed by atoms with Gasteiger partial charge in [0.15, 0.2) is 0 Å². The fourth-order valence-electron chi connectivity index (χ4n) is 9.52. The second kappa shape index (κ2) is 19.9. The molecule has 0 spiro atoms. The van der Waals surface area contributed by atoms with Gasteiger partial charge in [-0.2, -0.15) is 12.1 Å². The van der Waals surface area contributed by atoms with Gasteiger partial charge in [-0.15, -0.1) is 48.1 Å². The molecule has 372 valence electrons. The normalized spacial score (nSPS) is 15.3. The van der Waals surface area contributed by atoms with Crippen molar-refractivity contribution in [3.05, 3.63) is 248 Å². The van der Waals surface area contributed by atoms with Crippen LogP contribution in [0.2, 0.25) is 0 Å². The van der Waals surface area contributed by atoms with Gasteiger partial charge in [0.1, 0.15) is 17.3 Å². The van der Waals surface area contributed by atoms with Gasteiger partial charge >= 0.3 is 0 Å². The number of hydrogen-bond donors (Lipinski definition) is 0. The van der Waals surface area contributed by atoms with Crippen molar-refractivity contribution in [2.24, 2.45) is 0 Å². The van der Waals surface area contributed by atoms with E-state index in [0.717, 1.165) is 16.9 Å². The Bertz CT molecular complexity index is 4580. The Morgan fingerprint density at radius 3 is 1.75 bits per heavy atom. The molecule has 0 radical (unpaired) electrons. The van der Waals surface area contributed by atoms with Gasteiger partial charge in [0, 0.05) is 89.7 Å². The zero-order chi connectivity index (χ0) is 63.6.